The van der Waals surface area contributed by atoms with Gasteiger partial charge in [-0.2, -0.15) is 0 Å². The quantitative estimate of drug-likeness (QED) is 0.689. The highest BCUT2D eigenvalue weighted by Crippen LogP contribution is 2.23. The summed E-state index contributed by atoms with van der Waals surface area (Å²) in [6.45, 7) is 1.25. The fraction of sp³-hybridized carbons (Fsp3) is 0.316. The Hall–Kier alpha value is -2.20. The number of ether oxygens (including phenoxy) is 1. The minimum atomic E-state index is -3.99. The molecule has 0 aromatic heterocycles. The topological polar surface area (TPSA) is 87.7 Å². The second-order valence-corrected chi connectivity index (χ2v) is 8.76. The van der Waals surface area contributed by atoms with E-state index in [1.807, 2.05) is 12.1 Å². The van der Waals surface area contributed by atoms with E-state index < -0.39 is 28.3 Å². The minimum absolute atomic E-state index is 0.221. The van der Waals surface area contributed by atoms with Crippen molar-refractivity contribution in [1.29, 1.82) is 0 Å². The number of halogens is 2. The molecule has 0 saturated carbocycles. The molecule has 29 heavy (non-hydrogen) atoms. The molecule has 1 amide bonds. The molecule has 1 aliphatic rings. The van der Waals surface area contributed by atoms with Crippen LogP contribution in [0.15, 0.2) is 47.4 Å². The summed E-state index contributed by atoms with van der Waals surface area (Å²) in [5.41, 5.74) is 1.57. The summed E-state index contributed by atoms with van der Waals surface area (Å²) in [5.74, 6) is -1.26. The Labute approximate surface area is 173 Å². The molecule has 2 aromatic carbocycles. The van der Waals surface area contributed by atoms with E-state index in [9.17, 15) is 17.6 Å². The zero-order chi connectivity index (χ0) is 21.0. The van der Waals surface area contributed by atoms with Gasteiger partial charge in [-0.1, -0.05) is 11.6 Å². The van der Waals surface area contributed by atoms with Crippen LogP contribution >= 0.6 is 11.6 Å². The van der Waals surface area contributed by atoms with Crippen LogP contribution in [0.4, 0.5) is 15.8 Å². The molecule has 0 radical (unpaired) electrons. The highest BCUT2D eigenvalue weighted by atomic mass is 35.5. The van der Waals surface area contributed by atoms with Gasteiger partial charge < -0.3 is 15.0 Å². The maximum atomic E-state index is 13.2. The monoisotopic (exact) mass is 441 g/mol. The van der Waals surface area contributed by atoms with Gasteiger partial charge in [-0.3, -0.25) is 4.79 Å². The van der Waals surface area contributed by atoms with E-state index in [1.54, 1.807) is 19.2 Å². The van der Waals surface area contributed by atoms with Gasteiger partial charge in [0.25, 0.3) is 0 Å². The highest BCUT2D eigenvalue weighted by molar-refractivity contribution is 7.89. The van der Waals surface area contributed by atoms with Crippen molar-refractivity contribution in [2.24, 2.45) is 0 Å². The zero-order valence-electron chi connectivity index (χ0n) is 15.7. The van der Waals surface area contributed by atoms with Crippen LogP contribution in [0, 0.1) is 5.82 Å². The number of amides is 1. The first-order chi connectivity index (χ1) is 13.8. The standard InChI is InChI=1S/C19H21ClFN3O4S/c1-28-15-8-9-24(12-15)14-4-2-13(3-5-14)23-19(25)11-22-29(26,27)16-6-7-18(21)17(20)10-16/h2-7,10,15,22H,8-9,11-12H2,1H3,(H,23,25). The Kier molecular flexibility index (Phi) is 6.74. The van der Waals surface area contributed by atoms with Gasteiger partial charge >= 0.3 is 0 Å². The van der Waals surface area contributed by atoms with Crippen molar-refractivity contribution in [3.05, 3.63) is 53.3 Å². The second-order valence-electron chi connectivity index (χ2n) is 6.59. The number of carbonyl (C=O) groups excluding carboxylic acids is 1. The number of nitrogens with zero attached hydrogens (tertiary/aromatic N) is 1. The molecule has 1 fully saturated rings. The van der Waals surface area contributed by atoms with Gasteiger partial charge in [-0.05, 0) is 48.9 Å². The van der Waals surface area contributed by atoms with Crippen molar-refractivity contribution in [3.63, 3.8) is 0 Å². The third kappa shape index (κ3) is 5.45. The Morgan fingerprint density at radius 2 is 2.00 bits per heavy atom. The van der Waals surface area contributed by atoms with Gasteiger partial charge in [-0.15, -0.1) is 0 Å². The van der Waals surface area contributed by atoms with Gasteiger partial charge in [0.1, 0.15) is 5.82 Å². The molecule has 1 unspecified atom stereocenters. The minimum Gasteiger partial charge on any atom is -0.380 e. The lowest BCUT2D eigenvalue weighted by Gasteiger charge is -2.18. The van der Waals surface area contributed by atoms with Gasteiger partial charge in [0, 0.05) is 31.6 Å². The molecule has 2 N–H and O–H groups in total. The largest absolute Gasteiger partial charge is 0.380 e. The molecule has 7 nitrogen and oxygen atoms in total. The SMILES string of the molecule is COC1CCN(c2ccc(NC(=O)CNS(=O)(=O)c3ccc(F)c(Cl)c3)cc2)C1. The Balaban J connectivity index is 1.54. The normalized spacial score (nSPS) is 16.8. The van der Waals surface area contributed by atoms with Crippen molar-refractivity contribution in [1.82, 2.24) is 4.72 Å². The van der Waals surface area contributed by atoms with Crippen molar-refractivity contribution >= 4 is 38.9 Å². The molecule has 2 aromatic rings. The number of carbonyl (C=O) groups is 1. The summed E-state index contributed by atoms with van der Waals surface area (Å²) in [7, 11) is -2.29. The van der Waals surface area contributed by atoms with Gasteiger partial charge in [0.05, 0.1) is 22.6 Å². The molecule has 0 aliphatic carbocycles. The van der Waals surface area contributed by atoms with E-state index in [1.165, 1.54) is 0 Å². The van der Waals surface area contributed by atoms with Crippen LogP contribution in [0.25, 0.3) is 0 Å². The maximum Gasteiger partial charge on any atom is 0.241 e. The molecule has 1 saturated heterocycles. The second kappa shape index (κ2) is 9.08. The number of anilines is 2. The van der Waals surface area contributed by atoms with Crippen LogP contribution in [-0.4, -0.2) is 47.2 Å². The first-order valence-corrected chi connectivity index (χ1v) is 10.8. The molecule has 156 valence electrons. The number of hydrogen-bond donors (Lipinski definition) is 2. The first kappa shape index (κ1) is 21.5. The van der Waals surface area contributed by atoms with E-state index in [4.69, 9.17) is 16.3 Å². The molecule has 0 bridgehead atoms. The summed E-state index contributed by atoms with van der Waals surface area (Å²) >= 11 is 5.61. The van der Waals surface area contributed by atoms with Crippen LogP contribution < -0.4 is 14.9 Å². The number of rotatable bonds is 7. The fourth-order valence-corrected chi connectivity index (χ4v) is 4.26. The maximum absolute atomic E-state index is 13.2. The molecule has 1 aliphatic heterocycles. The Bertz CT molecular complexity index is 985. The number of sulfonamides is 1. The molecular formula is C19H21ClFN3O4S. The third-order valence-electron chi connectivity index (χ3n) is 4.62. The Morgan fingerprint density at radius 1 is 1.28 bits per heavy atom. The predicted octanol–water partition coefficient (Wildman–Crippen LogP) is 2.62. The van der Waals surface area contributed by atoms with Crippen molar-refractivity contribution < 1.29 is 22.3 Å². The number of benzene rings is 2. The molecule has 10 heteroatoms. The molecule has 0 spiro atoms. The van der Waals surface area contributed by atoms with Crippen molar-refractivity contribution in [2.45, 2.75) is 17.4 Å². The van der Waals surface area contributed by atoms with Crippen molar-refractivity contribution in [3.8, 4) is 0 Å². The molecular weight excluding hydrogens is 421 g/mol. The van der Waals surface area contributed by atoms with Gasteiger partial charge in [0.15, 0.2) is 0 Å². The van der Waals surface area contributed by atoms with Crippen LogP contribution in [0.3, 0.4) is 0 Å². The molecule has 1 heterocycles. The number of hydrogen-bond acceptors (Lipinski definition) is 5. The van der Waals surface area contributed by atoms with Crippen molar-refractivity contribution in [2.75, 3.05) is 37.0 Å². The van der Waals surface area contributed by atoms with E-state index in [0.29, 0.717) is 5.69 Å². The van der Waals surface area contributed by atoms with E-state index in [-0.39, 0.29) is 16.0 Å². The predicted molar refractivity (Wildman–Crippen MR) is 109 cm³/mol. The summed E-state index contributed by atoms with van der Waals surface area (Å²) in [6.07, 6.45) is 1.19. The number of methoxy groups -OCH3 is 1. The van der Waals surface area contributed by atoms with E-state index in [2.05, 4.69) is 14.9 Å². The average molecular weight is 442 g/mol. The van der Waals surface area contributed by atoms with E-state index in [0.717, 1.165) is 43.4 Å². The van der Waals surface area contributed by atoms with Crippen LogP contribution in [-0.2, 0) is 19.6 Å². The Morgan fingerprint density at radius 3 is 2.62 bits per heavy atom. The lowest BCUT2D eigenvalue weighted by Crippen LogP contribution is -2.33. The number of nitrogens with one attached hydrogen (secondary N) is 2. The van der Waals surface area contributed by atoms with Gasteiger partial charge in [0.2, 0.25) is 15.9 Å². The van der Waals surface area contributed by atoms with E-state index >= 15 is 0 Å². The summed E-state index contributed by atoms with van der Waals surface area (Å²) in [5, 5.41) is 2.32. The van der Waals surface area contributed by atoms with Gasteiger partial charge in [-0.25, -0.2) is 17.5 Å². The molecule has 1 atom stereocenters. The first-order valence-electron chi connectivity index (χ1n) is 8.91. The lowest BCUT2D eigenvalue weighted by molar-refractivity contribution is -0.115. The highest BCUT2D eigenvalue weighted by Gasteiger charge is 2.22. The van der Waals surface area contributed by atoms with Crippen LogP contribution in [0.2, 0.25) is 5.02 Å². The summed E-state index contributed by atoms with van der Waals surface area (Å²) in [6, 6.07) is 10.3. The summed E-state index contributed by atoms with van der Waals surface area (Å²) < 4.78 is 45.1. The third-order valence-corrected chi connectivity index (χ3v) is 6.31. The smallest absolute Gasteiger partial charge is 0.241 e. The fourth-order valence-electron chi connectivity index (χ4n) is 3.00. The molecule has 3 rings (SSSR count). The zero-order valence-corrected chi connectivity index (χ0v) is 17.3. The van der Waals surface area contributed by atoms with Crippen LogP contribution in [0.1, 0.15) is 6.42 Å². The average Bonchev–Trinajstić information content (AvgIpc) is 3.18. The summed E-state index contributed by atoms with van der Waals surface area (Å²) in [4.78, 5) is 14.1. The lowest BCUT2D eigenvalue weighted by atomic mass is 10.2. The van der Waals surface area contributed by atoms with Crippen LogP contribution in [0.5, 0.6) is 0 Å².